The summed E-state index contributed by atoms with van der Waals surface area (Å²) in [6, 6.07) is 0. The normalized spacial score (nSPS) is 10.9. The smallest absolute Gasteiger partial charge is 0.0181 e. The van der Waals surface area contributed by atoms with E-state index >= 15 is 0 Å². The van der Waals surface area contributed by atoms with Crippen molar-refractivity contribution in [3.8, 4) is 0 Å². The maximum absolute atomic E-state index is 3.70. The van der Waals surface area contributed by atoms with Crippen molar-refractivity contribution in [2.24, 2.45) is 0 Å². The molecule has 0 aromatic heterocycles. The minimum Gasteiger partial charge on any atom is -0.304 e. The monoisotopic (exact) mass is 322 g/mol. The Bertz CT molecular complexity index is 97.4. The number of rotatable bonds is 3. The van der Waals surface area contributed by atoms with Crippen molar-refractivity contribution in [2.45, 2.75) is 25.8 Å². The standard InChI is InChI=1S/C8H17N.Pt/c1-6-7-8(2,3)9(4)5;/h6H,1,7H2,2-5H3;. The third kappa shape index (κ3) is 4.24. The van der Waals surface area contributed by atoms with Crippen molar-refractivity contribution >= 4 is 0 Å². The minimum atomic E-state index is 0. The van der Waals surface area contributed by atoms with E-state index in [-0.39, 0.29) is 26.6 Å². The molecule has 0 spiro atoms. The van der Waals surface area contributed by atoms with Crippen LogP contribution in [0, 0.1) is 0 Å². The molecule has 0 bridgehead atoms. The summed E-state index contributed by atoms with van der Waals surface area (Å²) in [5.74, 6) is 0. The second-order valence-corrected chi connectivity index (χ2v) is 3.20. The first-order chi connectivity index (χ1) is 4.00. The van der Waals surface area contributed by atoms with Crippen LogP contribution in [-0.2, 0) is 21.1 Å². The summed E-state index contributed by atoms with van der Waals surface area (Å²) in [5.41, 5.74) is 0.266. The molecule has 0 saturated carbocycles. The van der Waals surface area contributed by atoms with Gasteiger partial charge in [-0.2, -0.15) is 0 Å². The van der Waals surface area contributed by atoms with Crippen molar-refractivity contribution in [2.75, 3.05) is 14.1 Å². The van der Waals surface area contributed by atoms with Crippen molar-refractivity contribution in [3.05, 3.63) is 12.7 Å². The van der Waals surface area contributed by atoms with Crippen LogP contribution in [0.1, 0.15) is 20.3 Å². The molecule has 2 heteroatoms. The molecule has 0 aromatic rings. The van der Waals surface area contributed by atoms with Crippen LogP contribution in [0.5, 0.6) is 0 Å². The Hall–Kier alpha value is 0.388. The molecule has 0 aliphatic carbocycles. The fourth-order valence-electron chi connectivity index (χ4n) is 0.536. The summed E-state index contributed by atoms with van der Waals surface area (Å²) in [6.45, 7) is 8.11. The summed E-state index contributed by atoms with van der Waals surface area (Å²) in [7, 11) is 4.17. The summed E-state index contributed by atoms with van der Waals surface area (Å²) in [4.78, 5) is 2.20. The Kier molecular flexibility index (Phi) is 6.63. The Labute approximate surface area is 78.8 Å². The molecule has 0 aromatic carbocycles. The Morgan fingerprint density at radius 3 is 1.90 bits per heavy atom. The van der Waals surface area contributed by atoms with Crippen molar-refractivity contribution < 1.29 is 21.1 Å². The summed E-state index contributed by atoms with van der Waals surface area (Å²) >= 11 is 0. The van der Waals surface area contributed by atoms with E-state index in [4.69, 9.17) is 0 Å². The molecule has 0 heterocycles. The fourth-order valence-corrected chi connectivity index (χ4v) is 0.536. The number of hydrogen-bond acceptors (Lipinski definition) is 1. The van der Waals surface area contributed by atoms with E-state index in [1.54, 1.807) is 0 Å². The van der Waals surface area contributed by atoms with Crippen LogP contribution in [0.3, 0.4) is 0 Å². The molecule has 0 rings (SSSR count). The van der Waals surface area contributed by atoms with Crippen LogP contribution < -0.4 is 0 Å². The van der Waals surface area contributed by atoms with Gasteiger partial charge in [0.25, 0.3) is 0 Å². The van der Waals surface area contributed by atoms with Gasteiger partial charge in [-0.1, -0.05) is 6.08 Å². The van der Waals surface area contributed by atoms with Crippen LogP contribution in [0.4, 0.5) is 0 Å². The zero-order valence-electron chi connectivity index (χ0n) is 7.26. The molecular formula is C8H17NPt. The first-order valence-electron chi connectivity index (χ1n) is 3.29. The van der Waals surface area contributed by atoms with E-state index in [0.717, 1.165) is 6.42 Å². The third-order valence-corrected chi connectivity index (χ3v) is 1.85. The van der Waals surface area contributed by atoms with E-state index in [1.165, 1.54) is 0 Å². The van der Waals surface area contributed by atoms with E-state index < -0.39 is 0 Å². The van der Waals surface area contributed by atoms with Gasteiger partial charge in [0, 0.05) is 26.6 Å². The molecule has 0 radical (unpaired) electrons. The molecule has 0 unspecified atom stereocenters. The second kappa shape index (κ2) is 5.09. The van der Waals surface area contributed by atoms with Crippen molar-refractivity contribution in [1.82, 2.24) is 4.90 Å². The minimum absolute atomic E-state index is 0. The van der Waals surface area contributed by atoms with E-state index in [9.17, 15) is 0 Å². The van der Waals surface area contributed by atoms with Gasteiger partial charge in [0.1, 0.15) is 0 Å². The van der Waals surface area contributed by atoms with E-state index in [2.05, 4.69) is 39.4 Å². The molecule has 64 valence electrons. The Balaban J connectivity index is 0. The molecule has 1 nitrogen and oxygen atoms in total. The van der Waals surface area contributed by atoms with Crippen LogP contribution in [-0.4, -0.2) is 24.5 Å². The Morgan fingerprint density at radius 2 is 1.80 bits per heavy atom. The molecular weight excluding hydrogens is 305 g/mol. The largest absolute Gasteiger partial charge is 0.304 e. The Morgan fingerprint density at radius 1 is 1.40 bits per heavy atom. The van der Waals surface area contributed by atoms with Gasteiger partial charge in [-0.25, -0.2) is 0 Å². The van der Waals surface area contributed by atoms with Gasteiger partial charge in [-0.05, 0) is 34.4 Å². The van der Waals surface area contributed by atoms with Crippen molar-refractivity contribution in [3.63, 3.8) is 0 Å². The molecule has 0 N–H and O–H groups in total. The first-order valence-corrected chi connectivity index (χ1v) is 3.29. The van der Waals surface area contributed by atoms with Crippen molar-refractivity contribution in [1.29, 1.82) is 0 Å². The fraction of sp³-hybridized carbons (Fsp3) is 0.750. The van der Waals surface area contributed by atoms with Gasteiger partial charge in [-0.3, -0.25) is 0 Å². The van der Waals surface area contributed by atoms with E-state index in [0.29, 0.717) is 0 Å². The molecule has 0 aliphatic heterocycles. The number of hydrogen-bond donors (Lipinski definition) is 0. The second-order valence-electron chi connectivity index (χ2n) is 3.20. The average molecular weight is 322 g/mol. The molecule has 0 fully saturated rings. The van der Waals surface area contributed by atoms with Gasteiger partial charge in [0.2, 0.25) is 0 Å². The van der Waals surface area contributed by atoms with Crippen LogP contribution >= 0.6 is 0 Å². The summed E-state index contributed by atoms with van der Waals surface area (Å²) in [5, 5.41) is 0. The molecule has 0 aliphatic rings. The topological polar surface area (TPSA) is 3.24 Å². The molecule has 0 amide bonds. The first kappa shape index (κ1) is 13.0. The average Bonchev–Trinajstić information content (AvgIpc) is 1.65. The van der Waals surface area contributed by atoms with Gasteiger partial charge in [0.15, 0.2) is 0 Å². The van der Waals surface area contributed by atoms with Gasteiger partial charge >= 0.3 is 0 Å². The third-order valence-electron chi connectivity index (χ3n) is 1.85. The zero-order chi connectivity index (χ0) is 7.49. The van der Waals surface area contributed by atoms with Gasteiger partial charge in [-0.15, -0.1) is 6.58 Å². The van der Waals surface area contributed by atoms with Crippen LogP contribution in [0.2, 0.25) is 0 Å². The maximum atomic E-state index is 3.70. The molecule has 0 atom stereocenters. The predicted octanol–water partition coefficient (Wildman–Crippen LogP) is 1.90. The van der Waals surface area contributed by atoms with E-state index in [1.807, 2.05) is 6.08 Å². The zero-order valence-corrected chi connectivity index (χ0v) is 9.53. The summed E-state index contributed by atoms with van der Waals surface area (Å²) in [6.07, 6.45) is 3.00. The summed E-state index contributed by atoms with van der Waals surface area (Å²) < 4.78 is 0. The number of nitrogens with zero attached hydrogens (tertiary/aromatic N) is 1. The van der Waals surface area contributed by atoms with Gasteiger partial charge < -0.3 is 4.90 Å². The van der Waals surface area contributed by atoms with Crippen LogP contribution in [0.25, 0.3) is 0 Å². The SMILES string of the molecule is C=CCC(C)(C)N(C)C.[Pt]. The quantitative estimate of drug-likeness (QED) is 0.718. The van der Waals surface area contributed by atoms with Gasteiger partial charge in [0.05, 0.1) is 0 Å². The molecule has 0 saturated heterocycles. The molecule has 10 heavy (non-hydrogen) atoms. The van der Waals surface area contributed by atoms with Crippen LogP contribution in [0.15, 0.2) is 12.7 Å². The maximum Gasteiger partial charge on any atom is 0.0181 e. The predicted molar refractivity (Wildman–Crippen MR) is 42.6 cm³/mol.